The van der Waals surface area contributed by atoms with Gasteiger partial charge in [-0.25, -0.2) is 9.78 Å². The number of amides is 2. The fraction of sp³-hybridized carbons (Fsp3) is 0.600. The van der Waals surface area contributed by atoms with Crippen molar-refractivity contribution in [2.75, 3.05) is 20.8 Å². The fourth-order valence-corrected chi connectivity index (χ4v) is 3.13. The zero-order valence-corrected chi connectivity index (χ0v) is 15.4. The molecule has 0 saturated heterocycles. The average molecular weight is 353 g/mol. The number of urea groups is 1. The van der Waals surface area contributed by atoms with E-state index in [1.54, 1.807) is 30.4 Å². The number of hydrogen-bond donors (Lipinski definition) is 1. The number of aryl methyl sites for hydroxylation is 2. The van der Waals surface area contributed by atoms with Crippen LogP contribution in [0.25, 0.3) is 0 Å². The number of rotatable bonds is 7. The van der Waals surface area contributed by atoms with Gasteiger partial charge in [-0.15, -0.1) is 11.3 Å². The Balaban J connectivity index is 1.89. The van der Waals surface area contributed by atoms with Crippen molar-refractivity contribution in [1.29, 1.82) is 0 Å². The van der Waals surface area contributed by atoms with E-state index in [2.05, 4.69) is 20.4 Å². The standard InChI is InChI=1S/C15H23N5O3S/c1-9(14-10(2)24-11(3)17-14)20(4)15(21)16-8-13-18-12(19-23-13)6-7-22-5/h9H,6-8H2,1-5H3,(H,16,21)/t9-/m0/s1. The SMILES string of the molecule is COCCc1noc(CNC(=O)N(C)[C@@H](C)c2nc(C)sc2C)n1. The highest BCUT2D eigenvalue weighted by molar-refractivity contribution is 7.11. The Hall–Kier alpha value is -2.00. The smallest absolute Gasteiger partial charge is 0.318 e. The zero-order chi connectivity index (χ0) is 17.7. The molecule has 0 aliphatic rings. The maximum absolute atomic E-state index is 12.3. The van der Waals surface area contributed by atoms with Crippen molar-refractivity contribution in [3.05, 3.63) is 27.3 Å². The van der Waals surface area contributed by atoms with Gasteiger partial charge in [0.05, 0.1) is 29.9 Å². The van der Waals surface area contributed by atoms with Crippen LogP contribution in [0.5, 0.6) is 0 Å². The van der Waals surface area contributed by atoms with E-state index in [4.69, 9.17) is 9.26 Å². The molecule has 9 heteroatoms. The quantitative estimate of drug-likeness (QED) is 0.820. The predicted octanol–water partition coefficient (Wildman–Crippen LogP) is 2.23. The molecule has 0 bridgehead atoms. The van der Waals surface area contributed by atoms with Crippen molar-refractivity contribution in [3.8, 4) is 0 Å². The molecule has 0 fully saturated rings. The summed E-state index contributed by atoms with van der Waals surface area (Å²) in [6, 6.07) is -0.334. The van der Waals surface area contributed by atoms with E-state index in [1.807, 2.05) is 20.8 Å². The first-order valence-corrected chi connectivity index (χ1v) is 8.49. The summed E-state index contributed by atoms with van der Waals surface area (Å²) in [5.41, 5.74) is 0.926. The van der Waals surface area contributed by atoms with Crippen LogP contribution in [-0.2, 0) is 17.7 Å². The van der Waals surface area contributed by atoms with Crippen LogP contribution in [0.2, 0.25) is 0 Å². The van der Waals surface area contributed by atoms with Crippen LogP contribution in [0.3, 0.4) is 0 Å². The highest BCUT2D eigenvalue weighted by Crippen LogP contribution is 2.25. The molecule has 2 rings (SSSR count). The molecule has 132 valence electrons. The van der Waals surface area contributed by atoms with E-state index >= 15 is 0 Å². The first kappa shape index (κ1) is 18.3. The second-order valence-electron chi connectivity index (χ2n) is 5.47. The third-order valence-electron chi connectivity index (χ3n) is 3.67. The number of thiazole rings is 1. The Morgan fingerprint density at radius 3 is 2.79 bits per heavy atom. The Labute approximate surface area is 145 Å². The molecule has 2 aromatic rings. The monoisotopic (exact) mass is 353 g/mol. The summed E-state index contributed by atoms with van der Waals surface area (Å²) in [7, 11) is 3.36. The highest BCUT2D eigenvalue weighted by atomic mass is 32.1. The maximum Gasteiger partial charge on any atom is 0.318 e. The Kier molecular flexibility index (Phi) is 6.27. The zero-order valence-electron chi connectivity index (χ0n) is 14.6. The van der Waals surface area contributed by atoms with Crippen molar-refractivity contribution in [1.82, 2.24) is 25.3 Å². The number of nitrogens with one attached hydrogen (secondary N) is 1. The normalized spacial score (nSPS) is 12.2. The number of methoxy groups -OCH3 is 1. The van der Waals surface area contributed by atoms with E-state index in [0.717, 1.165) is 15.6 Å². The second-order valence-corrected chi connectivity index (χ2v) is 6.87. The van der Waals surface area contributed by atoms with Gasteiger partial charge < -0.3 is 19.5 Å². The molecule has 8 nitrogen and oxygen atoms in total. The van der Waals surface area contributed by atoms with Gasteiger partial charge in [0.2, 0.25) is 5.89 Å². The van der Waals surface area contributed by atoms with E-state index in [-0.39, 0.29) is 18.6 Å². The van der Waals surface area contributed by atoms with Crippen LogP contribution in [0.1, 0.15) is 40.3 Å². The molecule has 0 spiro atoms. The molecule has 0 unspecified atom stereocenters. The highest BCUT2D eigenvalue weighted by Gasteiger charge is 2.22. The molecule has 2 heterocycles. The Morgan fingerprint density at radius 1 is 1.42 bits per heavy atom. The number of aromatic nitrogens is 3. The molecular weight excluding hydrogens is 330 g/mol. The third kappa shape index (κ3) is 4.51. The van der Waals surface area contributed by atoms with Crippen LogP contribution in [0.4, 0.5) is 4.79 Å². The lowest BCUT2D eigenvalue weighted by atomic mass is 10.2. The first-order valence-electron chi connectivity index (χ1n) is 7.67. The van der Waals surface area contributed by atoms with Gasteiger partial charge in [0.15, 0.2) is 5.82 Å². The van der Waals surface area contributed by atoms with Crippen LogP contribution in [0, 0.1) is 13.8 Å². The molecule has 0 aromatic carbocycles. The number of carbonyl (C=O) groups is 1. The summed E-state index contributed by atoms with van der Waals surface area (Å²) in [6.07, 6.45) is 0.577. The van der Waals surface area contributed by atoms with Gasteiger partial charge in [0, 0.05) is 25.5 Å². The van der Waals surface area contributed by atoms with Gasteiger partial charge in [-0.1, -0.05) is 5.16 Å². The molecule has 2 aromatic heterocycles. The summed E-state index contributed by atoms with van der Waals surface area (Å²) in [6.45, 7) is 6.65. The van der Waals surface area contributed by atoms with Gasteiger partial charge in [-0.3, -0.25) is 0 Å². The maximum atomic E-state index is 12.3. The van der Waals surface area contributed by atoms with Gasteiger partial charge >= 0.3 is 6.03 Å². The number of nitrogens with zero attached hydrogens (tertiary/aromatic N) is 4. The average Bonchev–Trinajstić information content (AvgIpc) is 3.15. The lowest BCUT2D eigenvalue weighted by Gasteiger charge is -2.24. The van der Waals surface area contributed by atoms with Crippen LogP contribution in [0.15, 0.2) is 4.52 Å². The lowest BCUT2D eigenvalue weighted by Crippen LogP contribution is -2.38. The first-order chi connectivity index (χ1) is 11.4. The van der Waals surface area contributed by atoms with Gasteiger partial charge in [0.25, 0.3) is 0 Å². The summed E-state index contributed by atoms with van der Waals surface area (Å²) in [5.74, 6) is 0.938. The molecule has 24 heavy (non-hydrogen) atoms. The van der Waals surface area contributed by atoms with Crippen LogP contribution >= 0.6 is 11.3 Å². The summed E-state index contributed by atoms with van der Waals surface area (Å²) >= 11 is 1.63. The number of carbonyl (C=O) groups excluding carboxylic acids is 1. The lowest BCUT2D eigenvalue weighted by molar-refractivity contribution is 0.191. The van der Waals surface area contributed by atoms with E-state index in [0.29, 0.717) is 24.7 Å². The number of ether oxygens (including phenoxy) is 1. The van der Waals surface area contributed by atoms with Gasteiger partial charge in [-0.05, 0) is 20.8 Å². The van der Waals surface area contributed by atoms with Gasteiger partial charge in [-0.2, -0.15) is 4.98 Å². The van der Waals surface area contributed by atoms with E-state index < -0.39 is 0 Å². The molecule has 0 aliphatic heterocycles. The minimum atomic E-state index is -0.218. The molecule has 1 N–H and O–H groups in total. The summed E-state index contributed by atoms with van der Waals surface area (Å²) in [5, 5.41) is 7.61. The van der Waals surface area contributed by atoms with Crippen molar-refractivity contribution < 1.29 is 14.1 Å². The molecule has 1 atom stereocenters. The van der Waals surface area contributed by atoms with Crippen molar-refractivity contribution >= 4 is 17.4 Å². The second kappa shape index (κ2) is 8.20. The molecule has 2 amide bonds. The van der Waals surface area contributed by atoms with E-state index in [1.165, 1.54) is 0 Å². The Morgan fingerprint density at radius 2 is 2.17 bits per heavy atom. The Bertz CT molecular complexity index is 684. The largest absolute Gasteiger partial charge is 0.384 e. The van der Waals surface area contributed by atoms with Crippen molar-refractivity contribution in [2.45, 2.75) is 39.8 Å². The summed E-state index contributed by atoms with van der Waals surface area (Å²) < 4.78 is 10.1. The van der Waals surface area contributed by atoms with Gasteiger partial charge in [0.1, 0.15) is 0 Å². The van der Waals surface area contributed by atoms with Crippen LogP contribution < -0.4 is 5.32 Å². The topological polar surface area (TPSA) is 93.4 Å². The third-order valence-corrected chi connectivity index (χ3v) is 4.57. The molecule has 0 radical (unpaired) electrons. The fourth-order valence-electron chi connectivity index (χ4n) is 2.22. The van der Waals surface area contributed by atoms with Crippen molar-refractivity contribution in [3.63, 3.8) is 0 Å². The molecule has 0 saturated carbocycles. The number of hydrogen-bond acceptors (Lipinski definition) is 7. The minimum Gasteiger partial charge on any atom is -0.384 e. The predicted molar refractivity (Wildman–Crippen MR) is 89.9 cm³/mol. The molecule has 0 aliphatic carbocycles. The minimum absolute atomic E-state index is 0.116. The van der Waals surface area contributed by atoms with E-state index in [9.17, 15) is 4.79 Å². The van der Waals surface area contributed by atoms with Crippen molar-refractivity contribution in [2.24, 2.45) is 0 Å². The molecular formula is C15H23N5O3S. The summed E-state index contributed by atoms with van der Waals surface area (Å²) in [4.78, 5) is 23.8. The van der Waals surface area contributed by atoms with Crippen LogP contribution in [-0.4, -0.2) is 46.8 Å².